The minimum atomic E-state index is -4.67. The maximum atomic E-state index is 12.2. The number of anilines is 1. The first kappa shape index (κ1) is 19.8. The van der Waals surface area contributed by atoms with Crippen molar-refractivity contribution in [3.63, 3.8) is 0 Å². The van der Waals surface area contributed by atoms with E-state index in [1.165, 1.54) is 23.5 Å². The Labute approximate surface area is 170 Å². The second-order valence-corrected chi connectivity index (χ2v) is 7.87. The number of aromatic nitrogens is 1. The summed E-state index contributed by atoms with van der Waals surface area (Å²) in [5, 5.41) is 11.4. The minimum absolute atomic E-state index is 0.169. The molecule has 2 aromatic carbocycles. The molecule has 0 unspecified atom stereocenters. The lowest BCUT2D eigenvalue weighted by molar-refractivity contribution is -0.274. The summed E-state index contributed by atoms with van der Waals surface area (Å²) < 4.78 is 41.5. The number of hydrogen-bond acceptors (Lipinski definition) is 5. The number of nitrogens with zero attached hydrogens (tertiary/aromatic N) is 3. The molecule has 153 valence electrons. The van der Waals surface area contributed by atoms with Gasteiger partial charge in [0.1, 0.15) is 11.3 Å². The van der Waals surface area contributed by atoms with Gasteiger partial charge in [0.25, 0.3) is 0 Å². The summed E-state index contributed by atoms with van der Waals surface area (Å²) in [4.78, 5) is 8.72. The lowest BCUT2D eigenvalue weighted by Crippen LogP contribution is -2.47. The summed E-state index contributed by atoms with van der Waals surface area (Å²) >= 11 is 1.17. The van der Waals surface area contributed by atoms with Gasteiger partial charge < -0.3 is 9.64 Å². The molecule has 9 heteroatoms. The van der Waals surface area contributed by atoms with Crippen LogP contribution < -0.4 is 9.64 Å². The Balaban J connectivity index is 1.30. The second kappa shape index (κ2) is 8.08. The van der Waals surface area contributed by atoms with Gasteiger partial charge >= 0.3 is 11.6 Å². The summed E-state index contributed by atoms with van der Waals surface area (Å²) in [5.74, 6) is -0.202. The van der Waals surface area contributed by atoms with E-state index in [-0.39, 0.29) is 10.9 Å². The highest BCUT2D eigenvalue weighted by Crippen LogP contribution is 2.34. The fourth-order valence-corrected chi connectivity index (χ4v) is 4.24. The van der Waals surface area contributed by atoms with Gasteiger partial charge in [-0.05, 0) is 36.2 Å². The first-order valence-electron chi connectivity index (χ1n) is 9.26. The fourth-order valence-electron chi connectivity index (χ4n) is 3.53. The van der Waals surface area contributed by atoms with E-state index in [1.54, 1.807) is 12.1 Å². The third-order valence-corrected chi connectivity index (χ3v) is 5.78. The van der Waals surface area contributed by atoms with E-state index < -0.39 is 6.36 Å². The zero-order chi connectivity index (χ0) is 20.4. The number of benzene rings is 2. The molecule has 1 radical (unpaired) electrons. The number of thiazole rings is 1. The number of rotatable bonds is 5. The maximum Gasteiger partial charge on any atom is 0.573 e. The van der Waals surface area contributed by atoms with Crippen molar-refractivity contribution in [1.82, 2.24) is 9.88 Å². The van der Waals surface area contributed by atoms with Gasteiger partial charge in [0.15, 0.2) is 0 Å². The summed E-state index contributed by atoms with van der Waals surface area (Å²) in [5.41, 5.74) is 2.75. The molecule has 0 spiro atoms. The van der Waals surface area contributed by atoms with E-state index in [0.717, 1.165) is 60.6 Å². The number of alkyl halides is 3. The van der Waals surface area contributed by atoms with Crippen molar-refractivity contribution in [2.45, 2.75) is 12.8 Å². The van der Waals surface area contributed by atoms with Crippen molar-refractivity contribution < 1.29 is 23.0 Å². The maximum absolute atomic E-state index is 12.2. The Morgan fingerprint density at radius 1 is 1.03 bits per heavy atom. The number of ether oxygens (including phenoxy) is 1. The number of para-hydroxylation sites is 1. The summed E-state index contributed by atoms with van der Waals surface area (Å²) in [6.45, 7) is 4.26. The Kier molecular flexibility index (Phi) is 5.51. The average Bonchev–Trinajstić information content (AvgIpc) is 3.07. The van der Waals surface area contributed by atoms with Crippen LogP contribution in [0.25, 0.3) is 10.2 Å². The first-order valence-corrected chi connectivity index (χ1v) is 10.1. The lowest BCUT2D eigenvalue weighted by atomic mass is 10.1. The van der Waals surface area contributed by atoms with Crippen molar-refractivity contribution >= 4 is 27.2 Å². The largest absolute Gasteiger partial charge is 0.573 e. The molecule has 5 nitrogen and oxygen atoms in total. The monoisotopic (exact) mass is 422 g/mol. The number of halogens is 3. The molecule has 0 atom stereocenters. The molecule has 1 aromatic heterocycles. The molecule has 1 saturated heterocycles. The smallest absolute Gasteiger partial charge is 0.406 e. The number of hydrogen-bond donors (Lipinski definition) is 0. The zero-order valence-electron chi connectivity index (χ0n) is 15.5. The van der Waals surface area contributed by atoms with Crippen molar-refractivity contribution in [2.75, 3.05) is 37.6 Å². The molecule has 0 N–H and O–H groups in total. The molecule has 1 aliphatic rings. The van der Waals surface area contributed by atoms with Crippen LogP contribution in [0.15, 0.2) is 42.5 Å². The average molecular weight is 422 g/mol. The third-order valence-electron chi connectivity index (χ3n) is 4.96. The van der Waals surface area contributed by atoms with E-state index in [1.807, 2.05) is 18.2 Å². The van der Waals surface area contributed by atoms with Crippen LogP contribution in [0.1, 0.15) is 5.56 Å². The molecule has 1 aliphatic heterocycles. The van der Waals surface area contributed by atoms with Crippen molar-refractivity contribution in [1.29, 1.82) is 0 Å². The van der Waals surface area contributed by atoms with Crippen LogP contribution in [0.5, 0.6) is 10.9 Å². The van der Waals surface area contributed by atoms with Gasteiger partial charge in [0.05, 0.1) is 10.4 Å². The SMILES string of the molecule is [O]c1nc2c(N3CCN(CCc4ccc(OC(F)(F)F)cc4)CC3)cccc2s1. The standard InChI is InChI=1S/C20H19F3N3O2S/c21-20(22,23)28-15-6-4-14(5-7-15)8-9-25-10-12-26(13-11-25)16-2-1-3-17-18(16)24-19(27)29-17/h1-7H,8-13H2. The molecule has 0 saturated carbocycles. The van der Waals surface area contributed by atoms with Crippen LogP contribution >= 0.6 is 11.3 Å². The van der Waals surface area contributed by atoms with Crippen LogP contribution in [0.3, 0.4) is 0 Å². The Morgan fingerprint density at radius 2 is 1.76 bits per heavy atom. The van der Waals surface area contributed by atoms with Crippen molar-refractivity contribution in [3.05, 3.63) is 48.0 Å². The Hall–Kier alpha value is -2.52. The third kappa shape index (κ3) is 4.91. The highest BCUT2D eigenvalue weighted by Gasteiger charge is 2.31. The van der Waals surface area contributed by atoms with E-state index in [2.05, 4.69) is 19.5 Å². The quantitative estimate of drug-likeness (QED) is 0.598. The van der Waals surface area contributed by atoms with Gasteiger partial charge in [-0.3, -0.25) is 10.0 Å². The normalized spacial score (nSPS) is 15.8. The predicted octanol–water partition coefficient (Wildman–Crippen LogP) is 4.70. The van der Waals surface area contributed by atoms with E-state index in [9.17, 15) is 18.3 Å². The lowest BCUT2D eigenvalue weighted by Gasteiger charge is -2.36. The van der Waals surface area contributed by atoms with Gasteiger partial charge in [-0.1, -0.05) is 29.5 Å². The van der Waals surface area contributed by atoms with Crippen LogP contribution in [0.4, 0.5) is 18.9 Å². The molecule has 1 fully saturated rings. The summed E-state index contributed by atoms with van der Waals surface area (Å²) in [6.07, 6.45) is -3.91. The van der Waals surface area contributed by atoms with Gasteiger partial charge in [-0.25, -0.2) is 0 Å². The first-order chi connectivity index (χ1) is 13.9. The highest BCUT2D eigenvalue weighted by atomic mass is 32.1. The van der Waals surface area contributed by atoms with Crippen molar-refractivity contribution in [3.8, 4) is 10.9 Å². The zero-order valence-corrected chi connectivity index (χ0v) is 16.3. The van der Waals surface area contributed by atoms with Crippen molar-refractivity contribution in [2.24, 2.45) is 0 Å². The number of fused-ring (bicyclic) bond motifs is 1. The summed E-state index contributed by atoms with van der Waals surface area (Å²) in [7, 11) is 0. The molecular formula is C20H19F3N3O2S. The number of piperazine rings is 1. The van der Waals surface area contributed by atoms with Crippen LogP contribution in [0, 0.1) is 0 Å². The van der Waals surface area contributed by atoms with E-state index in [0.29, 0.717) is 0 Å². The molecule has 0 aliphatic carbocycles. The summed E-state index contributed by atoms with van der Waals surface area (Å²) in [6, 6.07) is 11.9. The Bertz CT molecular complexity index is 967. The fraction of sp³-hybridized carbons (Fsp3) is 0.350. The Morgan fingerprint density at radius 3 is 2.45 bits per heavy atom. The molecule has 2 heterocycles. The molecular weight excluding hydrogens is 403 g/mol. The van der Waals surface area contributed by atoms with E-state index >= 15 is 0 Å². The van der Waals surface area contributed by atoms with Crippen LogP contribution in [0.2, 0.25) is 0 Å². The van der Waals surface area contributed by atoms with Gasteiger partial charge in [-0.15, -0.1) is 13.2 Å². The molecule has 29 heavy (non-hydrogen) atoms. The van der Waals surface area contributed by atoms with Crippen LogP contribution in [-0.4, -0.2) is 49.0 Å². The molecule has 0 bridgehead atoms. The van der Waals surface area contributed by atoms with E-state index in [4.69, 9.17) is 0 Å². The van der Waals surface area contributed by atoms with Crippen LogP contribution in [-0.2, 0) is 11.5 Å². The van der Waals surface area contributed by atoms with Gasteiger partial charge in [0, 0.05) is 32.7 Å². The molecule has 0 amide bonds. The molecule has 3 aromatic rings. The topological polar surface area (TPSA) is 48.5 Å². The van der Waals surface area contributed by atoms with Gasteiger partial charge in [0.2, 0.25) is 0 Å². The molecule has 4 rings (SSSR count). The van der Waals surface area contributed by atoms with Gasteiger partial charge in [-0.2, -0.15) is 4.98 Å². The predicted molar refractivity (Wildman–Crippen MR) is 105 cm³/mol. The minimum Gasteiger partial charge on any atom is -0.406 e. The highest BCUT2D eigenvalue weighted by molar-refractivity contribution is 7.20. The second-order valence-electron chi connectivity index (χ2n) is 6.87.